The minimum absolute atomic E-state index is 0.0741. The summed E-state index contributed by atoms with van der Waals surface area (Å²) in [5, 5.41) is 2.94. The van der Waals surface area contributed by atoms with Gasteiger partial charge in [-0.25, -0.2) is 14.3 Å². The molecule has 0 aliphatic heterocycles. The lowest BCUT2D eigenvalue weighted by Crippen LogP contribution is -2.20. The molecule has 0 amide bonds. The number of nitrogens with one attached hydrogen (secondary N) is 1. The monoisotopic (exact) mass is 495 g/mol. The smallest absolute Gasteiger partial charge is 0.340 e. The molecule has 3 aromatic rings. The van der Waals surface area contributed by atoms with Gasteiger partial charge in [-0.2, -0.15) is 0 Å². The largest absolute Gasteiger partial charge is 0.497 e. The molecule has 11 nitrogen and oxygen atoms in total. The average Bonchev–Trinajstić information content (AvgIpc) is 3.22. The third kappa shape index (κ3) is 5.35. The highest BCUT2D eigenvalue weighted by Crippen LogP contribution is 2.24. The van der Waals surface area contributed by atoms with Crippen molar-refractivity contribution in [2.24, 2.45) is 4.99 Å². The molecule has 1 N–H and O–H groups in total. The summed E-state index contributed by atoms with van der Waals surface area (Å²) < 4.78 is 20.8. The number of hydrogen-bond donors (Lipinski definition) is 1. The van der Waals surface area contributed by atoms with Crippen molar-refractivity contribution in [1.29, 1.82) is 0 Å². The average molecular weight is 495 g/mol. The lowest BCUT2D eigenvalue weighted by atomic mass is 10.1. The van der Waals surface area contributed by atoms with Gasteiger partial charge in [-0.05, 0) is 49.4 Å². The van der Waals surface area contributed by atoms with E-state index in [2.05, 4.69) is 10.1 Å². The van der Waals surface area contributed by atoms with Crippen LogP contribution in [0.25, 0.3) is 5.69 Å². The molecule has 0 fully saturated rings. The van der Waals surface area contributed by atoms with Crippen LogP contribution in [0.15, 0.2) is 52.3 Å². The number of carbonyl (C=O) groups is 3. The molecule has 0 unspecified atom stereocenters. The molecule has 188 valence electrons. The van der Waals surface area contributed by atoms with E-state index in [0.717, 1.165) is 0 Å². The first-order valence-corrected chi connectivity index (χ1v) is 10.7. The Morgan fingerprint density at radius 1 is 0.917 bits per heavy atom. The Morgan fingerprint density at radius 2 is 1.58 bits per heavy atom. The predicted molar refractivity (Wildman–Crippen MR) is 130 cm³/mol. The summed E-state index contributed by atoms with van der Waals surface area (Å²) in [5.74, 6) is -1.28. The van der Waals surface area contributed by atoms with Crippen molar-refractivity contribution in [3.63, 3.8) is 0 Å². The quantitative estimate of drug-likeness (QED) is 0.286. The lowest BCUT2D eigenvalue weighted by Gasteiger charge is -2.08. The summed E-state index contributed by atoms with van der Waals surface area (Å²) in [5.41, 5.74) is 0.875. The molecule has 0 saturated carbocycles. The number of hydrogen-bond acceptors (Lipinski definition) is 9. The van der Waals surface area contributed by atoms with Crippen molar-refractivity contribution in [3.05, 3.63) is 75.2 Å². The lowest BCUT2D eigenvalue weighted by molar-refractivity contribution is -0.139. The van der Waals surface area contributed by atoms with Crippen LogP contribution in [0.3, 0.4) is 0 Å². The summed E-state index contributed by atoms with van der Waals surface area (Å²) >= 11 is 0. The van der Waals surface area contributed by atoms with E-state index in [4.69, 9.17) is 18.9 Å². The van der Waals surface area contributed by atoms with E-state index >= 15 is 0 Å². The summed E-state index contributed by atoms with van der Waals surface area (Å²) in [6, 6.07) is 10.9. The molecule has 3 rings (SSSR count). The molecule has 1 heterocycles. The molecule has 0 radical (unpaired) electrons. The fraction of sp³-hybridized carbons (Fsp3) is 0.240. The summed E-state index contributed by atoms with van der Waals surface area (Å²) in [4.78, 5) is 54.3. The minimum Gasteiger partial charge on any atom is -0.497 e. The van der Waals surface area contributed by atoms with Gasteiger partial charge < -0.3 is 18.9 Å². The fourth-order valence-corrected chi connectivity index (χ4v) is 3.50. The molecule has 2 aromatic carbocycles. The van der Waals surface area contributed by atoms with Crippen LogP contribution < -0.4 is 10.3 Å². The summed E-state index contributed by atoms with van der Waals surface area (Å²) in [7, 11) is 5.21. The third-order valence-electron chi connectivity index (χ3n) is 5.32. The zero-order valence-electron chi connectivity index (χ0n) is 20.4. The van der Waals surface area contributed by atoms with Crippen molar-refractivity contribution in [1.82, 2.24) is 9.78 Å². The Kier molecular flexibility index (Phi) is 8.05. The zero-order valence-corrected chi connectivity index (χ0v) is 20.4. The van der Waals surface area contributed by atoms with E-state index in [1.807, 2.05) is 0 Å². The van der Waals surface area contributed by atoms with Crippen LogP contribution in [0.2, 0.25) is 0 Å². The Hall–Kier alpha value is -4.67. The van der Waals surface area contributed by atoms with E-state index in [1.54, 1.807) is 31.2 Å². The van der Waals surface area contributed by atoms with Gasteiger partial charge in [-0.15, -0.1) is 0 Å². The van der Waals surface area contributed by atoms with Crippen molar-refractivity contribution in [2.45, 2.75) is 13.3 Å². The fourth-order valence-electron chi connectivity index (χ4n) is 3.50. The predicted octanol–water partition coefficient (Wildman–Crippen LogP) is 2.60. The molecule has 0 aliphatic rings. The van der Waals surface area contributed by atoms with Crippen molar-refractivity contribution < 1.29 is 33.3 Å². The van der Waals surface area contributed by atoms with Crippen molar-refractivity contribution in [2.75, 3.05) is 28.4 Å². The molecule has 0 atom stereocenters. The number of H-pyrrole nitrogens is 1. The molecule has 0 aliphatic carbocycles. The maximum Gasteiger partial charge on any atom is 0.340 e. The summed E-state index contributed by atoms with van der Waals surface area (Å²) in [6.07, 6.45) is -0.233. The third-order valence-corrected chi connectivity index (χ3v) is 5.32. The minimum atomic E-state index is -0.683. The first-order chi connectivity index (χ1) is 17.2. The van der Waals surface area contributed by atoms with E-state index in [0.29, 0.717) is 11.4 Å². The zero-order chi connectivity index (χ0) is 26.4. The second-order valence-corrected chi connectivity index (χ2v) is 7.47. The highest BCUT2D eigenvalue weighted by atomic mass is 16.5. The molecule has 0 saturated heterocycles. The maximum atomic E-state index is 13.4. The van der Waals surface area contributed by atoms with Gasteiger partial charge in [0.15, 0.2) is 0 Å². The first kappa shape index (κ1) is 25.9. The number of esters is 3. The number of ether oxygens (including phenoxy) is 4. The van der Waals surface area contributed by atoms with Crippen LogP contribution in [0.5, 0.6) is 5.75 Å². The van der Waals surface area contributed by atoms with Gasteiger partial charge in [-0.1, -0.05) is 0 Å². The number of carbonyl (C=O) groups excluding carboxylic acids is 3. The normalized spacial score (nSPS) is 11.1. The second kappa shape index (κ2) is 11.2. The highest BCUT2D eigenvalue weighted by molar-refractivity contribution is 6.04. The molecule has 36 heavy (non-hydrogen) atoms. The number of methoxy groups -OCH3 is 4. The van der Waals surface area contributed by atoms with Crippen molar-refractivity contribution >= 4 is 29.3 Å². The Morgan fingerprint density at radius 3 is 2.17 bits per heavy atom. The standard InChI is InChI=1S/C25H25N3O8/c1-14(26-19-12-15(24(31)35-4)6-11-18(19)25(32)36-5)22-20(13-21(29)34-3)27-28(23(22)30)16-7-9-17(33-2)10-8-16/h6-12,27H,13H2,1-5H3. The molecule has 1 aromatic heterocycles. The number of aromatic amines is 1. The first-order valence-electron chi connectivity index (χ1n) is 10.7. The van der Waals surface area contributed by atoms with Gasteiger partial charge in [0.1, 0.15) is 5.75 Å². The highest BCUT2D eigenvalue weighted by Gasteiger charge is 2.22. The number of rotatable bonds is 8. The van der Waals surface area contributed by atoms with Crippen LogP contribution in [-0.4, -0.2) is 61.8 Å². The molecule has 11 heteroatoms. The Labute approximate surface area is 206 Å². The van der Waals surface area contributed by atoms with E-state index < -0.39 is 23.5 Å². The van der Waals surface area contributed by atoms with Gasteiger partial charge in [0.25, 0.3) is 5.56 Å². The van der Waals surface area contributed by atoms with Gasteiger partial charge >= 0.3 is 17.9 Å². The second-order valence-electron chi connectivity index (χ2n) is 7.47. The van der Waals surface area contributed by atoms with Gasteiger partial charge in [0, 0.05) is 0 Å². The van der Waals surface area contributed by atoms with Crippen LogP contribution in [-0.2, 0) is 25.4 Å². The van der Waals surface area contributed by atoms with Gasteiger partial charge in [0.2, 0.25) is 0 Å². The van der Waals surface area contributed by atoms with Crippen LogP contribution >= 0.6 is 0 Å². The van der Waals surface area contributed by atoms with E-state index in [1.165, 1.54) is 51.3 Å². The SMILES string of the molecule is COC(=O)Cc1[nH]n(-c2ccc(OC)cc2)c(=O)c1C(C)=Nc1cc(C(=O)OC)ccc1C(=O)OC. The van der Waals surface area contributed by atoms with Crippen molar-refractivity contribution in [3.8, 4) is 11.4 Å². The van der Waals surface area contributed by atoms with E-state index in [-0.39, 0.29) is 40.2 Å². The number of aliphatic imine (C=N–C) groups is 1. The number of nitrogens with zero attached hydrogens (tertiary/aromatic N) is 2. The Bertz CT molecular complexity index is 1380. The summed E-state index contributed by atoms with van der Waals surface area (Å²) in [6.45, 7) is 1.55. The number of aromatic nitrogens is 2. The maximum absolute atomic E-state index is 13.4. The molecule has 0 spiro atoms. The molecule has 0 bridgehead atoms. The Balaban J connectivity index is 2.20. The van der Waals surface area contributed by atoms with Crippen LogP contribution in [0.4, 0.5) is 5.69 Å². The van der Waals surface area contributed by atoms with Crippen LogP contribution in [0, 0.1) is 0 Å². The van der Waals surface area contributed by atoms with E-state index in [9.17, 15) is 19.2 Å². The topological polar surface area (TPSA) is 138 Å². The van der Waals surface area contributed by atoms with Gasteiger partial charge in [-0.3, -0.25) is 19.7 Å². The van der Waals surface area contributed by atoms with Crippen LogP contribution in [0.1, 0.15) is 38.9 Å². The van der Waals surface area contributed by atoms with Gasteiger partial charge in [0.05, 0.1) is 74.3 Å². The molecular weight excluding hydrogens is 470 g/mol. The molecular formula is C25H25N3O8. The number of benzene rings is 2.